The van der Waals surface area contributed by atoms with Crippen LogP contribution in [-0.2, 0) is 16.1 Å². The van der Waals surface area contributed by atoms with Crippen LogP contribution in [0.1, 0.15) is 17.3 Å². The van der Waals surface area contributed by atoms with Gasteiger partial charge < -0.3 is 10.1 Å². The number of hydrogen-bond acceptors (Lipinski definition) is 5. The first kappa shape index (κ1) is 13.0. The molecule has 2 rings (SSSR count). The number of rotatable bonds is 4. The van der Waals surface area contributed by atoms with Crippen LogP contribution in [-0.4, -0.2) is 40.5 Å². The highest BCUT2D eigenvalue weighted by Crippen LogP contribution is 2.14. The predicted octanol–water partition coefficient (Wildman–Crippen LogP) is 0.354. The van der Waals surface area contributed by atoms with Gasteiger partial charge in [0, 0.05) is 13.6 Å². The van der Waals surface area contributed by atoms with Crippen molar-refractivity contribution in [2.24, 2.45) is 0 Å². The van der Waals surface area contributed by atoms with Gasteiger partial charge in [-0.05, 0) is 25.1 Å². The number of ether oxygens (including phenoxy) is 1. The molecule has 1 aromatic carbocycles. The van der Waals surface area contributed by atoms with Crippen molar-refractivity contribution in [2.45, 2.75) is 13.5 Å². The van der Waals surface area contributed by atoms with E-state index >= 15 is 0 Å². The van der Waals surface area contributed by atoms with Crippen molar-refractivity contribution in [3.8, 4) is 0 Å². The maximum atomic E-state index is 11.7. The Kier molecular flexibility index (Phi) is 3.74. The summed E-state index contributed by atoms with van der Waals surface area (Å²) in [5.74, 6) is -0.914. The molecule has 1 amide bonds. The van der Waals surface area contributed by atoms with Gasteiger partial charge in [0.15, 0.2) is 6.61 Å². The van der Waals surface area contributed by atoms with E-state index in [1.807, 2.05) is 6.92 Å². The topological polar surface area (TPSA) is 86.1 Å². The Bertz CT molecular complexity index is 620. The van der Waals surface area contributed by atoms with E-state index in [4.69, 9.17) is 4.74 Å². The standard InChI is InChI=1S/C12H14N4O3/c1-3-16-10-5-4-8(6-9(10)14-15-16)12(18)19-7-11(17)13-2/h4-6H,3,7H2,1-2H3,(H,13,17). The van der Waals surface area contributed by atoms with E-state index in [1.54, 1.807) is 22.9 Å². The molecule has 100 valence electrons. The molecular weight excluding hydrogens is 248 g/mol. The molecule has 0 unspecified atom stereocenters. The fraction of sp³-hybridized carbons (Fsp3) is 0.333. The minimum absolute atomic E-state index is 0.297. The van der Waals surface area contributed by atoms with Crippen LogP contribution >= 0.6 is 0 Å². The van der Waals surface area contributed by atoms with Gasteiger partial charge in [-0.2, -0.15) is 0 Å². The monoisotopic (exact) mass is 262 g/mol. The number of likely N-dealkylation sites (N-methyl/N-ethyl adjacent to an activating group) is 1. The molecule has 7 nitrogen and oxygen atoms in total. The molecule has 0 aliphatic heterocycles. The fourth-order valence-corrected chi connectivity index (χ4v) is 1.62. The molecule has 0 aliphatic rings. The molecule has 0 saturated carbocycles. The number of aromatic nitrogens is 3. The van der Waals surface area contributed by atoms with Crippen LogP contribution < -0.4 is 5.32 Å². The molecule has 0 spiro atoms. The first-order valence-corrected chi connectivity index (χ1v) is 5.86. The summed E-state index contributed by atoms with van der Waals surface area (Å²) in [6.45, 7) is 2.37. The summed E-state index contributed by atoms with van der Waals surface area (Å²) >= 11 is 0. The van der Waals surface area contributed by atoms with Gasteiger partial charge in [-0.1, -0.05) is 5.21 Å². The highest BCUT2D eigenvalue weighted by molar-refractivity contribution is 5.94. The van der Waals surface area contributed by atoms with Crippen LogP contribution in [0.3, 0.4) is 0 Å². The van der Waals surface area contributed by atoms with Crippen molar-refractivity contribution >= 4 is 22.9 Å². The molecule has 2 aromatic rings. The quantitative estimate of drug-likeness (QED) is 0.804. The van der Waals surface area contributed by atoms with Crippen LogP contribution in [0.4, 0.5) is 0 Å². The number of carbonyl (C=O) groups is 2. The highest BCUT2D eigenvalue weighted by Gasteiger charge is 2.12. The van der Waals surface area contributed by atoms with Crippen molar-refractivity contribution in [3.05, 3.63) is 23.8 Å². The lowest BCUT2D eigenvalue weighted by molar-refractivity contribution is -0.123. The lowest BCUT2D eigenvalue weighted by atomic mass is 10.2. The molecule has 0 fully saturated rings. The molecule has 1 N–H and O–H groups in total. The summed E-state index contributed by atoms with van der Waals surface area (Å²) in [6, 6.07) is 4.99. The maximum Gasteiger partial charge on any atom is 0.338 e. The third kappa shape index (κ3) is 2.70. The smallest absolute Gasteiger partial charge is 0.338 e. The minimum atomic E-state index is -0.559. The van der Waals surface area contributed by atoms with Gasteiger partial charge in [0.25, 0.3) is 5.91 Å². The average molecular weight is 262 g/mol. The summed E-state index contributed by atoms with van der Waals surface area (Å²) in [7, 11) is 1.48. The van der Waals surface area contributed by atoms with Crippen LogP contribution in [0.5, 0.6) is 0 Å². The van der Waals surface area contributed by atoms with E-state index in [1.165, 1.54) is 7.05 Å². The maximum absolute atomic E-state index is 11.7. The predicted molar refractivity (Wildman–Crippen MR) is 67.6 cm³/mol. The zero-order valence-corrected chi connectivity index (χ0v) is 10.7. The van der Waals surface area contributed by atoms with Crippen LogP contribution in [0, 0.1) is 0 Å². The molecule has 1 heterocycles. The summed E-state index contributed by atoms with van der Waals surface area (Å²) in [4.78, 5) is 22.7. The molecule has 19 heavy (non-hydrogen) atoms. The first-order chi connectivity index (χ1) is 9.15. The number of amides is 1. The number of esters is 1. The summed E-state index contributed by atoms with van der Waals surface area (Å²) in [6.07, 6.45) is 0. The van der Waals surface area contributed by atoms with Gasteiger partial charge in [-0.25, -0.2) is 9.48 Å². The molecule has 0 saturated heterocycles. The van der Waals surface area contributed by atoms with Gasteiger partial charge in [0.1, 0.15) is 5.52 Å². The Balaban J connectivity index is 2.16. The zero-order chi connectivity index (χ0) is 13.8. The van der Waals surface area contributed by atoms with Crippen molar-refractivity contribution < 1.29 is 14.3 Å². The molecular formula is C12H14N4O3. The van der Waals surface area contributed by atoms with Gasteiger partial charge in [0.2, 0.25) is 0 Å². The second-order valence-corrected chi connectivity index (χ2v) is 3.86. The second kappa shape index (κ2) is 5.47. The Morgan fingerprint density at radius 3 is 2.89 bits per heavy atom. The van der Waals surface area contributed by atoms with Crippen molar-refractivity contribution in [1.29, 1.82) is 0 Å². The Hall–Kier alpha value is -2.44. The Morgan fingerprint density at radius 1 is 1.42 bits per heavy atom. The molecule has 0 bridgehead atoms. The summed E-state index contributed by atoms with van der Waals surface area (Å²) in [5, 5.41) is 10.3. The SMILES string of the molecule is CCn1nnc2cc(C(=O)OCC(=O)NC)ccc21. The van der Waals surface area contributed by atoms with Crippen LogP contribution in [0.15, 0.2) is 18.2 Å². The average Bonchev–Trinajstić information content (AvgIpc) is 2.86. The molecule has 0 radical (unpaired) electrons. The van der Waals surface area contributed by atoms with Crippen molar-refractivity contribution in [2.75, 3.05) is 13.7 Å². The van der Waals surface area contributed by atoms with Crippen LogP contribution in [0.2, 0.25) is 0 Å². The van der Waals surface area contributed by atoms with E-state index in [9.17, 15) is 9.59 Å². The number of carbonyl (C=O) groups excluding carboxylic acids is 2. The van der Waals surface area contributed by atoms with Gasteiger partial charge in [0.05, 0.1) is 11.1 Å². The third-order valence-electron chi connectivity index (χ3n) is 2.66. The van der Waals surface area contributed by atoms with E-state index in [0.717, 1.165) is 5.52 Å². The summed E-state index contributed by atoms with van der Waals surface area (Å²) < 4.78 is 6.59. The lowest BCUT2D eigenvalue weighted by Gasteiger charge is -2.03. The number of fused-ring (bicyclic) bond motifs is 1. The molecule has 1 aromatic heterocycles. The molecule has 7 heteroatoms. The lowest BCUT2D eigenvalue weighted by Crippen LogP contribution is -2.25. The fourth-order valence-electron chi connectivity index (χ4n) is 1.62. The summed E-state index contributed by atoms with van der Waals surface area (Å²) in [5.41, 5.74) is 1.82. The van der Waals surface area contributed by atoms with E-state index < -0.39 is 5.97 Å². The largest absolute Gasteiger partial charge is 0.452 e. The van der Waals surface area contributed by atoms with Crippen LogP contribution in [0.25, 0.3) is 11.0 Å². The number of hydrogen-bond donors (Lipinski definition) is 1. The van der Waals surface area contributed by atoms with E-state index in [-0.39, 0.29) is 12.5 Å². The van der Waals surface area contributed by atoms with E-state index in [0.29, 0.717) is 17.6 Å². The Morgan fingerprint density at radius 2 is 2.21 bits per heavy atom. The second-order valence-electron chi connectivity index (χ2n) is 3.86. The zero-order valence-electron chi connectivity index (χ0n) is 10.7. The molecule has 0 atom stereocenters. The van der Waals surface area contributed by atoms with Gasteiger partial charge in [-0.3, -0.25) is 4.79 Å². The number of aryl methyl sites for hydroxylation is 1. The van der Waals surface area contributed by atoms with Crippen molar-refractivity contribution in [3.63, 3.8) is 0 Å². The Labute approximate surface area is 109 Å². The van der Waals surface area contributed by atoms with Crippen molar-refractivity contribution in [1.82, 2.24) is 20.3 Å². The number of nitrogens with zero attached hydrogens (tertiary/aromatic N) is 3. The number of benzene rings is 1. The highest BCUT2D eigenvalue weighted by atomic mass is 16.5. The molecule has 0 aliphatic carbocycles. The van der Waals surface area contributed by atoms with Gasteiger partial charge in [-0.15, -0.1) is 5.10 Å². The normalized spacial score (nSPS) is 10.4. The van der Waals surface area contributed by atoms with E-state index in [2.05, 4.69) is 15.6 Å². The number of nitrogens with one attached hydrogen (secondary N) is 1. The van der Waals surface area contributed by atoms with Gasteiger partial charge >= 0.3 is 5.97 Å². The minimum Gasteiger partial charge on any atom is -0.452 e. The third-order valence-corrected chi connectivity index (χ3v) is 2.66. The first-order valence-electron chi connectivity index (χ1n) is 5.86.